The quantitative estimate of drug-likeness (QED) is 0.275. The molecule has 0 amide bonds. The second kappa shape index (κ2) is 9.52. The molecule has 1 saturated carbocycles. The van der Waals surface area contributed by atoms with Crippen molar-refractivity contribution in [3.63, 3.8) is 0 Å². The molecule has 11 heteroatoms. The van der Waals surface area contributed by atoms with Crippen molar-refractivity contribution in [1.82, 2.24) is 25.1 Å². The first-order chi connectivity index (χ1) is 19.5. The summed E-state index contributed by atoms with van der Waals surface area (Å²) in [5, 5.41) is 7.62. The average molecular weight is 576 g/mol. The monoisotopic (exact) mass is 575 g/mol. The van der Waals surface area contributed by atoms with Crippen LogP contribution in [0.1, 0.15) is 73.8 Å². The highest BCUT2D eigenvalue weighted by atomic mass is 32.2. The molecule has 0 N–H and O–H groups in total. The number of sulfone groups is 1. The fraction of sp³-hybridized carbons (Fsp3) is 0.367. The van der Waals surface area contributed by atoms with Crippen molar-refractivity contribution in [2.75, 3.05) is 5.75 Å². The molecule has 2 bridgehead atoms. The molecule has 7 rings (SSSR count). The SMILES string of the molecule is C#C[C@H](c1coc(-c2cncc([C@@]34CC[C@@H](c5cc(-c6c(F)cccc6F)nnc53)C(C)(C)C4)n2)n1)S(=O)(=O)CC. The Balaban J connectivity index is 1.45. The van der Waals surface area contributed by atoms with Crippen molar-refractivity contribution in [2.45, 2.75) is 56.6 Å². The predicted molar refractivity (Wildman–Crippen MR) is 147 cm³/mol. The third kappa shape index (κ3) is 4.23. The summed E-state index contributed by atoms with van der Waals surface area (Å²) in [5.41, 5.74) is 1.79. The molecule has 3 atom stereocenters. The number of benzene rings is 1. The van der Waals surface area contributed by atoms with Crippen LogP contribution in [-0.2, 0) is 15.3 Å². The summed E-state index contributed by atoms with van der Waals surface area (Å²) < 4.78 is 59.8. The predicted octanol–water partition coefficient (Wildman–Crippen LogP) is 5.57. The molecule has 0 saturated heterocycles. The van der Waals surface area contributed by atoms with E-state index in [-0.39, 0.29) is 39.9 Å². The van der Waals surface area contributed by atoms with Gasteiger partial charge in [-0.1, -0.05) is 32.8 Å². The van der Waals surface area contributed by atoms with Crippen LogP contribution in [0, 0.1) is 29.4 Å². The minimum Gasteiger partial charge on any atom is -0.443 e. The Labute approximate surface area is 236 Å². The van der Waals surface area contributed by atoms with Gasteiger partial charge in [-0.25, -0.2) is 27.2 Å². The lowest BCUT2D eigenvalue weighted by molar-refractivity contribution is 0.107. The van der Waals surface area contributed by atoms with Crippen LogP contribution >= 0.6 is 0 Å². The number of fused-ring (bicyclic) bond motifs is 2. The second-order valence-electron chi connectivity index (χ2n) is 11.3. The Hall–Kier alpha value is -4.04. The number of hydrogen-bond acceptors (Lipinski definition) is 8. The summed E-state index contributed by atoms with van der Waals surface area (Å²) in [4.78, 5) is 13.7. The first-order valence-corrected chi connectivity index (χ1v) is 15.0. The lowest BCUT2D eigenvalue weighted by atomic mass is 9.49. The Morgan fingerprint density at radius 2 is 1.90 bits per heavy atom. The summed E-state index contributed by atoms with van der Waals surface area (Å²) in [6.45, 7) is 5.86. The standard InChI is InChI=1S/C30H27F2N5O3S/c1-5-24(41(38,39)6-2)23-15-40-28(35-23)22-13-33-14-25(34-22)30-11-10-18(29(3,4)16-30)17-12-21(36-37-27(17)30)26-19(31)8-7-9-20(26)32/h1,7-9,12-15,18,24H,6,10-11,16H2,2-4H3/t18-,24+,30-/m0/s1. The Bertz CT molecular complexity index is 1810. The molecule has 41 heavy (non-hydrogen) atoms. The molecule has 210 valence electrons. The van der Waals surface area contributed by atoms with Crippen LogP contribution in [0.5, 0.6) is 0 Å². The number of terminal acetylenes is 1. The van der Waals surface area contributed by atoms with E-state index < -0.39 is 32.1 Å². The summed E-state index contributed by atoms with van der Waals surface area (Å²) >= 11 is 0. The molecule has 0 radical (unpaired) electrons. The summed E-state index contributed by atoms with van der Waals surface area (Å²) in [6.07, 6.45) is 12.2. The van der Waals surface area contributed by atoms with Gasteiger partial charge in [0.25, 0.3) is 0 Å². The van der Waals surface area contributed by atoms with Gasteiger partial charge in [0.2, 0.25) is 5.89 Å². The third-order valence-electron chi connectivity index (χ3n) is 8.48. The highest BCUT2D eigenvalue weighted by Crippen LogP contribution is 2.62. The van der Waals surface area contributed by atoms with Crippen LogP contribution in [0.25, 0.3) is 22.8 Å². The lowest BCUT2D eigenvalue weighted by Crippen LogP contribution is -2.49. The maximum Gasteiger partial charge on any atom is 0.246 e. The number of aromatic nitrogens is 5. The lowest BCUT2D eigenvalue weighted by Gasteiger charge is -2.54. The van der Waals surface area contributed by atoms with Gasteiger partial charge in [-0.2, -0.15) is 5.10 Å². The van der Waals surface area contributed by atoms with Crippen LogP contribution in [0.15, 0.2) is 47.3 Å². The van der Waals surface area contributed by atoms with E-state index >= 15 is 0 Å². The smallest absolute Gasteiger partial charge is 0.246 e. The first kappa shape index (κ1) is 27.1. The largest absolute Gasteiger partial charge is 0.443 e. The Kier molecular flexibility index (Phi) is 6.30. The van der Waals surface area contributed by atoms with E-state index in [4.69, 9.17) is 15.8 Å². The van der Waals surface area contributed by atoms with E-state index in [1.807, 2.05) is 0 Å². The second-order valence-corrected chi connectivity index (χ2v) is 13.7. The van der Waals surface area contributed by atoms with Crippen molar-refractivity contribution in [2.24, 2.45) is 5.41 Å². The molecule has 8 nitrogen and oxygen atoms in total. The topological polar surface area (TPSA) is 112 Å². The van der Waals surface area contributed by atoms with Crippen LogP contribution in [0.4, 0.5) is 8.78 Å². The minimum atomic E-state index is -3.60. The van der Waals surface area contributed by atoms with Crippen LogP contribution in [0.3, 0.4) is 0 Å². The molecule has 3 aliphatic rings. The van der Waals surface area contributed by atoms with E-state index in [9.17, 15) is 17.2 Å². The summed E-state index contributed by atoms with van der Waals surface area (Å²) in [5.74, 6) is 0.979. The van der Waals surface area contributed by atoms with Crippen LogP contribution in [-0.4, -0.2) is 39.3 Å². The van der Waals surface area contributed by atoms with Gasteiger partial charge in [0.1, 0.15) is 29.3 Å². The van der Waals surface area contributed by atoms with Gasteiger partial charge >= 0.3 is 0 Å². The van der Waals surface area contributed by atoms with Gasteiger partial charge in [0.05, 0.1) is 34.3 Å². The molecular formula is C30H27F2N5O3S. The zero-order valence-electron chi connectivity index (χ0n) is 22.7. The molecular weight excluding hydrogens is 548 g/mol. The zero-order valence-corrected chi connectivity index (χ0v) is 23.5. The summed E-state index contributed by atoms with van der Waals surface area (Å²) in [7, 11) is -3.60. The Morgan fingerprint density at radius 3 is 2.59 bits per heavy atom. The number of hydrogen-bond donors (Lipinski definition) is 0. The maximum atomic E-state index is 14.6. The Morgan fingerprint density at radius 1 is 1.15 bits per heavy atom. The van der Waals surface area contributed by atoms with Crippen molar-refractivity contribution in [3.8, 4) is 35.2 Å². The van der Waals surface area contributed by atoms with E-state index in [2.05, 4.69) is 39.9 Å². The molecule has 0 unspecified atom stereocenters. The first-order valence-electron chi connectivity index (χ1n) is 13.3. The van der Waals surface area contributed by atoms with Gasteiger partial charge in [0.15, 0.2) is 15.1 Å². The molecule has 4 aromatic rings. The molecule has 0 spiro atoms. The van der Waals surface area contributed by atoms with Crippen molar-refractivity contribution in [1.29, 1.82) is 0 Å². The third-order valence-corrected chi connectivity index (χ3v) is 10.4. The van der Waals surface area contributed by atoms with E-state index in [0.717, 1.165) is 24.1 Å². The highest BCUT2D eigenvalue weighted by Gasteiger charge is 2.56. The van der Waals surface area contributed by atoms with E-state index in [1.54, 1.807) is 12.3 Å². The van der Waals surface area contributed by atoms with Crippen LogP contribution < -0.4 is 0 Å². The number of nitrogens with zero attached hydrogens (tertiary/aromatic N) is 5. The maximum absolute atomic E-state index is 14.6. The molecule has 3 aromatic heterocycles. The highest BCUT2D eigenvalue weighted by molar-refractivity contribution is 7.91. The minimum absolute atomic E-state index is 0.0951. The van der Waals surface area contributed by atoms with Gasteiger partial charge in [-0.15, -0.1) is 11.5 Å². The van der Waals surface area contributed by atoms with Gasteiger partial charge in [-0.3, -0.25) is 4.98 Å². The number of rotatable bonds is 6. The molecule has 1 fully saturated rings. The molecule has 3 aliphatic carbocycles. The summed E-state index contributed by atoms with van der Waals surface area (Å²) in [6, 6.07) is 5.48. The zero-order chi connectivity index (χ0) is 29.2. The molecule has 0 aliphatic heterocycles. The molecule has 3 heterocycles. The van der Waals surface area contributed by atoms with Crippen molar-refractivity contribution >= 4 is 9.84 Å². The number of oxazole rings is 1. The van der Waals surface area contributed by atoms with Gasteiger partial charge in [0, 0.05) is 11.9 Å². The fourth-order valence-electron chi connectivity index (χ4n) is 6.56. The van der Waals surface area contributed by atoms with Crippen molar-refractivity contribution < 1.29 is 21.6 Å². The normalized spacial score (nSPS) is 21.7. The number of halogens is 2. The van der Waals surface area contributed by atoms with Gasteiger partial charge in [-0.05, 0) is 54.4 Å². The molecule has 1 aromatic carbocycles. The van der Waals surface area contributed by atoms with Crippen LogP contribution in [0.2, 0.25) is 0 Å². The van der Waals surface area contributed by atoms with Crippen molar-refractivity contribution in [3.05, 3.63) is 77.2 Å². The van der Waals surface area contributed by atoms with Gasteiger partial charge < -0.3 is 4.42 Å². The average Bonchev–Trinajstić information content (AvgIpc) is 3.42. The fourth-order valence-corrected chi connectivity index (χ4v) is 7.58. The van der Waals surface area contributed by atoms with E-state index in [0.29, 0.717) is 17.8 Å². The van der Waals surface area contributed by atoms with E-state index in [1.165, 1.54) is 37.6 Å².